The predicted molar refractivity (Wildman–Crippen MR) is 63.6 cm³/mol. The molecule has 90 valence electrons. The van der Waals surface area contributed by atoms with Crippen LogP contribution in [0.1, 0.15) is 25.8 Å². The number of aliphatic hydroxyl groups excluding tert-OH is 1. The second kappa shape index (κ2) is 5.87. The largest absolute Gasteiger partial charge is 0.497 e. The summed E-state index contributed by atoms with van der Waals surface area (Å²) in [6, 6.07) is 7.79. The average Bonchev–Trinajstić information content (AvgIpc) is 2.27. The fourth-order valence-corrected chi connectivity index (χ4v) is 1.34. The second-order valence-electron chi connectivity index (χ2n) is 4.37. The van der Waals surface area contributed by atoms with Crippen LogP contribution in [0.4, 0.5) is 0 Å². The van der Waals surface area contributed by atoms with Crippen molar-refractivity contribution in [2.75, 3.05) is 13.7 Å². The van der Waals surface area contributed by atoms with Gasteiger partial charge in [-0.05, 0) is 38.0 Å². The summed E-state index contributed by atoms with van der Waals surface area (Å²) in [6.07, 6.45) is 0.642. The Morgan fingerprint density at radius 3 is 2.31 bits per heavy atom. The van der Waals surface area contributed by atoms with Crippen LogP contribution >= 0.6 is 0 Å². The molecule has 1 rings (SSSR count). The van der Waals surface area contributed by atoms with E-state index in [0.717, 1.165) is 11.3 Å². The zero-order chi connectivity index (χ0) is 12.0. The highest BCUT2D eigenvalue weighted by atomic mass is 16.5. The molecule has 0 radical (unpaired) electrons. The average molecular weight is 224 g/mol. The summed E-state index contributed by atoms with van der Waals surface area (Å²) in [5.41, 5.74) is 0.820. The Bertz CT molecular complexity index is 303. The maximum atomic E-state index is 8.87. The third-order valence-electron chi connectivity index (χ3n) is 2.50. The van der Waals surface area contributed by atoms with Crippen LogP contribution in [0.25, 0.3) is 0 Å². The van der Waals surface area contributed by atoms with Crippen LogP contribution in [0.15, 0.2) is 24.3 Å². The van der Waals surface area contributed by atoms with E-state index >= 15 is 0 Å². The van der Waals surface area contributed by atoms with E-state index in [0.29, 0.717) is 13.0 Å². The first-order chi connectivity index (χ1) is 7.57. The molecule has 1 aromatic carbocycles. The molecule has 0 aromatic heterocycles. The zero-order valence-corrected chi connectivity index (χ0v) is 10.2. The van der Waals surface area contributed by atoms with Crippen LogP contribution in [-0.4, -0.2) is 24.4 Å². The van der Waals surface area contributed by atoms with Crippen LogP contribution in [0, 0.1) is 0 Å². The molecule has 0 spiro atoms. The summed E-state index contributed by atoms with van der Waals surface area (Å²) < 4.78 is 10.8. The maximum Gasteiger partial charge on any atom is 0.118 e. The van der Waals surface area contributed by atoms with Gasteiger partial charge in [-0.25, -0.2) is 0 Å². The SMILES string of the molecule is COc1ccc(COC(C)(C)CCO)cc1. The Kier molecular flexibility index (Phi) is 4.77. The third kappa shape index (κ3) is 4.21. The zero-order valence-electron chi connectivity index (χ0n) is 10.2. The van der Waals surface area contributed by atoms with Crippen molar-refractivity contribution < 1.29 is 14.6 Å². The minimum Gasteiger partial charge on any atom is -0.497 e. The first-order valence-corrected chi connectivity index (χ1v) is 5.45. The summed E-state index contributed by atoms with van der Waals surface area (Å²) >= 11 is 0. The van der Waals surface area contributed by atoms with Gasteiger partial charge in [-0.15, -0.1) is 0 Å². The molecule has 16 heavy (non-hydrogen) atoms. The Morgan fingerprint density at radius 1 is 1.19 bits per heavy atom. The molecular weight excluding hydrogens is 204 g/mol. The summed E-state index contributed by atoms with van der Waals surface area (Å²) in [5.74, 6) is 0.846. The molecule has 0 atom stereocenters. The van der Waals surface area contributed by atoms with Crippen LogP contribution in [0.2, 0.25) is 0 Å². The van der Waals surface area contributed by atoms with E-state index in [1.807, 2.05) is 38.1 Å². The molecule has 1 N–H and O–H groups in total. The van der Waals surface area contributed by atoms with Gasteiger partial charge < -0.3 is 14.6 Å². The Balaban J connectivity index is 2.48. The summed E-state index contributed by atoms with van der Waals surface area (Å²) in [4.78, 5) is 0. The van der Waals surface area contributed by atoms with Gasteiger partial charge in [0, 0.05) is 6.61 Å². The second-order valence-corrected chi connectivity index (χ2v) is 4.37. The maximum absolute atomic E-state index is 8.87. The first kappa shape index (κ1) is 13.0. The van der Waals surface area contributed by atoms with Crippen molar-refractivity contribution in [2.45, 2.75) is 32.5 Å². The van der Waals surface area contributed by atoms with Gasteiger partial charge in [0.05, 0.1) is 19.3 Å². The van der Waals surface area contributed by atoms with Crippen molar-refractivity contribution in [3.8, 4) is 5.75 Å². The molecule has 0 aliphatic carbocycles. The van der Waals surface area contributed by atoms with Gasteiger partial charge in [0.15, 0.2) is 0 Å². The number of rotatable bonds is 6. The number of ether oxygens (including phenoxy) is 2. The van der Waals surface area contributed by atoms with Crippen molar-refractivity contribution in [1.82, 2.24) is 0 Å². The van der Waals surface area contributed by atoms with Gasteiger partial charge in [-0.2, -0.15) is 0 Å². The molecule has 0 aliphatic rings. The minimum atomic E-state index is -0.283. The van der Waals surface area contributed by atoms with Gasteiger partial charge in [0.1, 0.15) is 5.75 Å². The highest BCUT2D eigenvalue weighted by Gasteiger charge is 2.17. The van der Waals surface area contributed by atoms with Crippen molar-refractivity contribution in [3.63, 3.8) is 0 Å². The molecule has 0 unspecified atom stereocenters. The summed E-state index contributed by atoms with van der Waals surface area (Å²) in [6.45, 7) is 4.66. The van der Waals surface area contributed by atoms with Crippen LogP contribution < -0.4 is 4.74 Å². The van der Waals surface area contributed by atoms with E-state index in [1.54, 1.807) is 7.11 Å². The standard InChI is InChI=1S/C13H20O3/c1-13(2,8-9-14)16-10-11-4-6-12(15-3)7-5-11/h4-7,14H,8-10H2,1-3H3. The fraction of sp³-hybridized carbons (Fsp3) is 0.538. The molecule has 0 amide bonds. The van der Waals surface area contributed by atoms with Crippen molar-refractivity contribution in [3.05, 3.63) is 29.8 Å². The monoisotopic (exact) mass is 224 g/mol. The molecule has 3 nitrogen and oxygen atoms in total. The highest BCUT2D eigenvalue weighted by molar-refractivity contribution is 5.26. The Labute approximate surface area is 97.0 Å². The normalized spacial score (nSPS) is 11.5. The quantitative estimate of drug-likeness (QED) is 0.806. The molecule has 0 heterocycles. The lowest BCUT2D eigenvalue weighted by atomic mass is 10.1. The number of hydrogen-bond donors (Lipinski definition) is 1. The smallest absolute Gasteiger partial charge is 0.118 e. The molecule has 0 bridgehead atoms. The van der Waals surface area contributed by atoms with E-state index in [1.165, 1.54) is 0 Å². The molecule has 1 aromatic rings. The predicted octanol–water partition coefficient (Wildman–Crippen LogP) is 2.37. The lowest BCUT2D eigenvalue weighted by molar-refractivity contribution is -0.0434. The van der Waals surface area contributed by atoms with Crippen LogP contribution in [-0.2, 0) is 11.3 Å². The Hall–Kier alpha value is -1.06. The van der Waals surface area contributed by atoms with Gasteiger partial charge in [-0.3, -0.25) is 0 Å². The van der Waals surface area contributed by atoms with E-state index in [4.69, 9.17) is 14.6 Å². The molecule has 0 saturated heterocycles. The topological polar surface area (TPSA) is 38.7 Å². The molecule has 3 heteroatoms. The van der Waals surface area contributed by atoms with E-state index in [2.05, 4.69) is 0 Å². The lowest BCUT2D eigenvalue weighted by Gasteiger charge is -2.24. The van der Waals surface area contributed by atoms with E-state index in [9.17, 15) is 0 Å². The minimum absolute atomic E-state index is 0.148. The number of aliphatic hydroxyl groups is 1. The number of benzene rings is 1. The lowest BCUT2D eigenvalue weighted by Crippen LogP contribution is -2.25. The summed E-state index contributed by atoms with van der Waals surface area (Å²) in [7, 11) is 1.65. The molecule has 0 aliphatic heterocycles. The van der Waals surface area contributed by atoms with Crippen molar-refractivity contribution >= 4 is 0 Å². The third-order valence-corrected chi connectivity index (χ3v) is 2.50. The Morgan fingerprint density at radius 2 is 1.81 bits per heavy atom. The van der Waals surface area contributed by atoms with E-state index in [-0.39, 0.29) is 12.2 Å². The van der Waals surface area contributed by atoms with Crippen LogP contribution in [0.5, 0.6) is 5.75 Å². The molecule has 0 fully saturated rings. The van der Waals surface area contributed by atoms with Gasteiger partial charge >= 0.3 is 0 Å². The van der Waals surface area contributed by atoms with Gasteiger partial charge in [-0.1, -0.05) is 12.1 Å². The number of hydrogen-bond acceptors (Lipinski definition) is 3. The highest BCUT2D eigenvalue weighted by Crippen LogP contribution is 2.18. The number of methoxy groups -OCH3 is 1. The fourth-order valence-electron chi connectivity index (χ4n) is 1.34. The summed E-state index contributed by atoms with van der Waals surface area (Å²) in [5, 5.41) is 8.87. The molecular formula is C13H20O3. The first-order valence-electron chi connectivity index (χ1n) is 5.45. The van der Waals surface area contributed by atoms with Crippen LogP contribution in [0.3, 0.4) is 0 Å². The van der Waals surface area contributed by atoms with Crippen molar-refractivity contribution in [1.29, 1.82) is 0 Å². The van der Waals surface area contributed by atoms with E-state index < -0.39 is 0 Å². The molecule has 0 saturated carbocycles. The van der Waals surface area contributed by atoms with Gasteiger partial charge in [0.25, 0.3) is 0 Å². The van der Waals surface area contributed by atoms with Crippen molar-refractivity contribution in [2.24, 2.45) is 0 Å². The van der Waals surface area contributed by atoms with Gasteiger partial charge in [0.2, 0.25) is 0 Å².